The molecule has 1 aliphatic rings. The van der Waals surface area contributed by atoms with Crippen molar-refractivity contribution in [2.24, 2.45) is 5.92 Å². The monoisotopic (exact) mass is 289 g/mol. The molecule has 2 atom stereocenters. The Morgan fingerprint density at radius 2 is 2.14 bits per heavy atom. The summed E-state index contributed by atoms with van der Waals surface area (Å²) in [7, 11) is 0. The lowest BCUT2D eigenvalue weighted by molar-refractivity contribution is -0.150. The van der Waals surface area contributed by atoms with Gasteiger partial charge in [0.25, 0.3) is 0 Å². The van der Waals surface area contributed by atoms with Crippen LogP contribution in [0.3, 0.4) is 0 Å². The van der Waals surface area contributed by atoms with Crippen molar-refractivity contribution in [3.05, 3.63) is 30.1 Å². The fourth-order valence-electron chi connectivity index (χ4n) is 2.74. The van der Waals surface area contributed by atoms with Gasteiger partial charge in [-0.3, -0.25) is 14.6 Å². The first-order valence-electron chi connectivity index (χ1n) is 7.52. The lowest BCUT2D eigenvalue weighted by Crippen LogP contribution is -2.62. The van der Waals surface area contributed by atoms with Gasteiger partial charge in [0.15, 0.2) is 0 Å². The number of carbonyl (C=O) groups excluding carboxylic acids is 2. The van der Waals surface area contributed by atoms with Crippen LogP contribution in [0, 0.1) is 5.92 Å². The number of carbonyl (C=O) groups is 2. The van der Waals surface area contributed by atoms with Gasteiger partial charge in [0.05, 0.1) is 0 Å². The molecule has 2 rings (SSSR count). The molecule has 0 aliphatic carbocycles. The second-order valence-corrected chi connectivity index (χ2v) is 5.94. The van der Waals surface area contributed by atoms with E-state index in [9.17, 15) is 9.59 Å². The minimum absolute atomic E-state index is 0.0130. The summed E-state index contributed by atoms with van der Waals surface area (Å²) in [4.78, 5) is 30.7. The van der Waals surface area contributed by atoms with Crippen molar-refractivity contribution < 1.29 is 9.59 Å². The number of aromatic nitrogens is 1. The van der Waals surface area contributed by atoms with Gasteiger partial charge in [-0.1, -0.05) is 26.8 Å². The van der Waals surface area contributed by atoms with Gasteiger partial charge in [0.2, 0.25) is 11.8 Å². The Hall–Kier alpha value is -1.91. The average molecular weight is 289 g/mol. The Morgan fingerprint density at radius 3 is 2.71 bits per heavy atom. The maximum Gasteiger partial charge on any atom is 0.246 e. The number of pyridine rings is 1. The van der Waals surface area contributed by atoms with Gasteiger partial charge >= 0.3 is 0 Å². The molecule has 1 fully saturated rings. The van der Waals surface area contributed by atoms with Crippen LogP contribution in [-0.4, -0.2) is 33.8 Å². The Balaban J connectivity index is 2.20. The van der Waals surface area contributed by atoms with Crippen molar-refractivity contribution >= 4 is 11.8 Å². The maximum absolute atomic E-state index is 12.7. The van der Waals surface area contributed by atoms with Crippen LogP contribution in [0.15, 0.2) is 24.5 Å². The molecule has 1 N–H and O–H groups in total. The number of nitrogens with one attached hydrogen (secondary N) is 1. The zero-order valence-corrected chi connectivity index (χ0v) is 12.9. The van der Waals surface area contributed by atoms with E-state index in [4.69, 9.17) is 0 Å². The molecule has 0 radical (unpaired) electrons. The van der Waals surface area contributed by atoms with E-state index in [0.717, 1.165) is 5.56 Å². The molecule has 2 amide bonds. The van der Waals surface area contributed by atoms with E-state index in [1.54, 1.807) is 17.3 Å². The van der Waals surface area contributed by atoms with E-state index < -0.39 is 6.04 Å². The number of nitrogens with zero attached hydrogens (tertiary/aromatic N) is 2. The zero-order chi connectivity index (χ0) is 15.4. The van der Waals surface area contributed by atoms with E-state index in [-0.39, 0.29) is 17.9 Å². The molecule has 1 aliphatic heterocycles. The number of hydrogen-bond acceptors (Lipinski definition) is 3. The molecule has 5 nitrogen and oxygen atoms in total. The average Bonchev–Trinajstić information content (AvgIpc) is 2.45. The molecule has 0 aromatic carbocycles. The van der Waals surface area contributed by atoms with Crippen LogP contribution < -0.4 is 5.32 Å². The van der Waals surface area contributed by atoms with Crippen LogP contribution in [0.2, 0.25) is 0 Å². The highest BCUT2D eigenvalue weighted by Gasteiger charge is 2.39. The molecule has 1 aromatic rings. The molecule has 5 heteroatoms. The van der Waals surface area contributed by atoms with Crippen molar-refractivity contribution in [1.82, 2.24) is 15.2 Å². The summed E-state index contributed by atoms with van der Waals surface area (Å²) in [6.07, 6.45) is 4.73. The molecule has 0 saturated carbocycles. The Morgan fingerprint density at radius 1 is 1.38 bits per heavy atom. The lowest BCUT2D eigenvalue weighted by Gasteiger charge is -2.39. The molecule has 2 heterocycles. The molecule has 114 valence electrons. The van der Waals surface area contributed by atoms with Gasteiger partial charge in [-0.25, -0.2) is 0 Å². The van der Waals surface area contributed by atoms with Gasteiger partial charge in [-0.2, -0.15) is 0 Å². The molecule has 2 unspecified atom stereocenters. The number of rotatable bonds is 5. The van der Waals surface area contributed by atoms with Crippen LogP contribution in [-0.2, 0) is 16.1 Å². The predicted octanol–water partition coefficient (Wildman–Crippen LogP) is 1.73. The van der Waals surface area contributed by atoms with Crippen LogP contribution in [0.25, 0.3) is 0 Å². The second-order valence-electron chi connectivity index (χ2n) is 5.94. The third-order valence-corrected chi connectivity index (χ3v) is 3.75. The highest BCUT2D eigenvalue weighted by molar-refractivity contribution is 5.96. The summed E-state index contributed by atoms with van der Waals surface area (Å²) in [5.74, 6) is 0.323. The molecule has 1 aromatic heterocycles. The van der Waals surface area contributed by atoms with Crippen LogP contribution in [0.1, 0.15) is 39.2 Å². The van der Waals surface area contributed by atoms with Crippen LogP contribution in [0.4, 0.5) is 0 Å². The van der Waals surface area contributed by atoms with Crippen LogP contribution in [0.5, 0.6) is 0 Å². The Labute approximate surface area is 125 Å². The van der Waals surface area contributed by atoms with Gasteiger partial charge < -0.3 is 10.2 Å². The number of piperazine rings is 1. The van der Waals surface area contributed by atoms with E-state index in [1.165, 1.54) is 0 Å². The summed E-state index contributed by atoms with van der Waals surface area (Å²) in [6.45, 7) is 6.47. The second kappa shape index (κ2) is 6.70. The molecule has 0 bridgehead atoms. The van der Waals surface area contributed by atoms with Crippen molar-refractivity contribution in [3.63, 3.8) is 0 Å². The quantitative estimate of drug-likeness (QED) is 0.898. The summed E-state index contributed by atoms with van der Waals surface area (Å²) >= 11 is 0. The molecule has 21 heavy (non-hydrogen) atoms. The van der Waals surface area contributed by atoms with Gasteiger partial charge in [-0.05, 0) is 30.4 Å². The van der Waals surface area contributed by atoms with Crippen LogP contribution >= 0.6 is 0 Å². The summed E-state index contributed by atoms with van der Waals surface area (Å²) in [6, 6.07) is 2.98. The fraction of sp³-hybridized carbons (Fsp3) is 0.562. The summed E-state index contributed by atoms with van der Waals surface area (Å²) in [5, 5.41) is 2.87. The smallest absolute Gasteiger partial charge is 0.246 e. The lowest BCUT2D eigenvalue weighted by atomic mass is 9.97. The minimum atomic E-state index is -0.406. The maximum atomic E-state index is 12.7. The van der Waals surface area contributed by atoms with Crippen molar-refractivity contribution in [2.45, 2.75) is 52.2 Å². The van der Waals surface area contributed by atoms with Gasteiger partial charge in [0.1, 0.15) is 12.1 Å². The van der Waals surface area contributed by atoms with Gasteiger partial charge in [0, 0.05) is 18.9 Å². The van der Waals surface area contributed by atoms with Crippen molar-refractivity contribution in [3.8, 4) is 0 Å². The zero-order valence-electron chi connectivity index (χ0n) is 12.9. The fourth-order valence-corrected chi connectivity index (χ4v) is 2.74. The van der Waals surface area contributed by atoms with E-state index in [2.05, 4.69) is 24.1 Å². The minimum Gasteiger partial charge on any atom is -0.342 e. The number of hydrogen-bond donors (Lipinski definition) is 1. The molecule has 1 saturated heterocycles. The highest BCUT2D eigenvalue weighted by Crippen LogP contribution is 2.19. The normalized spacial score (nSPS) is 22.6. The third-order valence-electron chi connectivity index (χ3n) is 3.75. The largest absolute Gasteiger partial charge is 0.342 e. The molecule has 0 spiro atoms. The summed E-state index contributed by atoms with van der Waals surface area (Å²) in [5.41, 5.74) is 0.947. The highest BCUT2D eigenvalue weighted by atomic mass is 16.2. The Bertz CT molecular complexity index is 502. The first-order chi connectivity index (χ1) is 10.0. The van der Waals surface area contributed by atoms with Crippen molar-refractivity contribution in [2.75, 3.05) is 0 Å². The van der Waals surface area contributed by atoms with E-state index >= 15 is 0 Å². The standard InChI is InChI=1S/C16H23N3O2/c1-4-14-15(20)18-13(8-11(2)3)16(21)19(14)10-12-6-5-7-17-9-12/h5-7,9,11,13-14H,4,8,10H2,1-3H3,(H,18,20). The SMILES string of the molecule is CCC1C(=O)NC(CC(C)C)C(=O)N1Cc1cccnc1. The first kappa shape index (κ1) is 15.5. The summed E-state index contributed by atoms with van der Waals surface area (Å²) < 4.78 is 0. The number of amides is 2. The predicted molar refractivity (Wildman–Crippen MR) is 80.3 cm³/mol. The van der Waals surface area contributed by atoms with Crippen molar-refractivity contribution in [1.29, 1.82) is 0 Å². The first-order valence-corrected chi connectivity index (χ1v) is 7.52. The topological polar surface area (TPSA) is 62.3 Å². The third kappa shape index (κ3) is 3.60. The molecular weight excluding hydrogens is 266 g/mol. The Kier molecular flexibility index (Phi) is 4.94. The molecular formula is C16H23N3O2. The van der Waals surface area contributed by atoms with E-state index in [0.29, 0.717) is 25.3 Å². The van der Waals surface area contributed by atoms with E-state index in [1.807, 2.05) is 19.1 Å². The van der Waals surface area contributed by atoms with Gasteiger partial charge in [-0.15, -0.1) is 0 Å².